The lowest BCUT2D eigenvalue weighted by molar-refractivity contribution is -0.140. The largest absolute Gasteiger partial charge is 0.466 e. The molecular formula is C8H16O4. The first-order valence-corrected chi connectivity index (χ1v) is 4.06. The van der Waals surface area contributed by atoms with Crippen LogP contribution in [0.5, 0.6) is 0 Å². The maximum Gasteiger partial charge on any atom is 0.302 e. The number of hydrogen-bond donors (Lipinski definition) is 0. The average Bonchev–Trinajstić information content (AvgIpc) is 2.57. The molecule has 0 aliphatic carbocycles. The second-order valence-corrected chi connectivity index (χ2v) is 2.27. The summed E-state index contributed by atoms with van der Waals surface area (Å²) >= 11 is 0. The first-order chi connectivity index (χ1) is 5.77. The number of carbonyl (C=O) groups is 1. The Bertz CT molecular complexity index is 102. The number of esters is 1. The molecule has 0 aromatic heterocycles. The van der Waals surface area contributed by atoms with E-state index in [1.165, 1.54) is 6.92 Å². The molecule has 1 rings (SSSR count). The molecule has 12 heavy (non-hydrogen) atoms. The standard InChI is InChI=1S/C5H10O2.C3H6O2/c1-3-4-7-5(2)6;1-2-5-3-4-1/h3-4H2,1-2H3;1-3H2. The van der Waals surface area contributed by atoms with Gasteiger partial charge in [-0.1, -0.05) is 6.92 Å². The summed E-state index contributed by atoms with van der Waals surface area (Å²) < 4.78 is 14.0. The number of rotatable bonds is 2. The minimum atomic E-state index is -0.193. The van der Waals surface area contributed by atoms with E-state index in [1.807, 2.05) is 6.92 Å². The van der Waals surface area contributed by atoms with Crippen LogP contribution in [0.15, 0.2) is 0 Å². The Balaban J connectivity index is 0.000000211. The van der Waals surface area contributed by atoms with E-state index in [9.17, 15) is 4.79 Å². The Kier molecular flexibility index (Phi) is 8.05. The minimum Gasteiger partial charge on any atom is -0.466 e. The molecule has 0 N–H and O–H groups in total. The first-order valence-electron chi connectivity index (χ1n) is 4.06. The van der Waals surface area contributed by atoms with Crippen molar-refractivity contribution in [2.24, 2.45) is 0 Å². The van der Waals surface area contributed by atoms with Crippen molar-refractivity contribution in [3.63, 3.8) is 0 Å². The highest BCUT2D eigenvalue weighted by Gasteiger charge is 1.93. The van der Waals surface area contributed by atoms with Crippen LogP contribution in [0.4, 0.5) is 0 Å². The summed E-state index contributed by atoms with van der Waals surface area (Å²) in [5.41, 5.74) is 0. The van der Waals surface area contributed by atoms with Gasteiger partial charge in [-0.15, -0.1) is 0 Å². The van der Waals surface area contributed by atoms with Crippen molar-refractivity contribution in [3.8, 4) is 0 Å². The van der Waals surface area contributed by atoms with Crippen molar-refractivity contribution in [3.05, 3.63) is 0 Å². The van der Waals surface area contributed by atoms with E-state index >= 15 is 0 Å². The Hall–Kier alpha value is -0.610. The first kappa shape index (κ1) is 11.4. The predicted octanol–water partition coefficient (Wildman–Crippen LogP) is 0.950. The molecule has 0 unspecified atom stereocenters. The van der Waals surface area contributed by atoms with Crippen molar-refractivity contribution in [1.82, 2.24) is 0 Å². The van der Waals surface area contributed by atoms with E-state index in [4.69, 9.17) is 9.47 Å². The fourth-order valence-electron chi connectivity index (χ4n) is 0.540. The molecule has 72 valence electrons. The third-order valence-electron chi connectivity index (χ3n) is 1.05. The topological polar surface area (TPSA) is 44.8 Å². The summed E-state index contributed by atoms with van der Waals surface area (Å²) in [4.78, 5) is 9.98. The lowest BCUT2D eigenvalue weighted by atomic mass is 10.5. The maximum absolute atomic E-state index is 9.98. The van der Waals surface area contributed by atoms with Gasteiger partial charge < -0.3 is 14.2 Å². The fourth-order valence-corrected chi connectivity index (χ4v) is 0.540. The molecule has 1 fully saturated rings. The van der Waals surface area contributed by atoms with Gasteiger partial charge in [0.25, 0.3) is 0 Å². The van der Waals surface area contributed by atoms with E-state index in [0.29, 0.717) is 13.4 Å². The predicted molar refractivity (Wildman–Crippen MR) is 43.7 cm³/mol. The Morgan fingerprint density at radius 2 is 2.00 bits per heavy atom. The molecule has 1 heterocycles. The van der Waals surface area contributed by atoms with Gasteiger partial charge in [-0.3, -0.25) is 4.79 Å². The molecule has 0 atom stereocenters. The molecule has 0 amide bonds. The molecule has 0 bridgehead atoms. The molecule has 1 aliphatic rings. The third-order valence-corrected chi connectivity index (χ3v) is 1.05. The highest BCUT2D eigenvalue weighted by Crippen LogP contribution is 1.85. The quantitative estimate of drug-likeness (QED) is 0.587. The highest BCUT2D eigenvalue weighted by molar-refractivity contribution is 5.65. The molecule has 0 saturated carbocycles. The van der Waals surface area contributed by atoms with Crippen LogP contribution in [-0.2, 0) is 19.0 Å². The molecular weight excluding hydrogens is 160 g/mol. The summed E-state index contributed by atoms with van der Waals surface area (Å²) in [6.07, 6.45) is 0.902. The molecule has 1 aliphatic heterocycles. The lowest BCUT2D eigenvalue weighted by Crippen LogP contribution is -1.98. The van der Waals surface area contributed by atoms with Gasteiger partial charge in [-0.2, -0.15) is 0 Å². The second-order valence-electron chi connectivity index (χ2n) is 2.27. The zero-order valence-corrected chi connectivity index (χ0v) is 7.67. The summed E-state index contributed by atoms with van der Waals surface area (Å²) in [5, 5.41) is 0. The molecule has 0 spiro atoms. The van der Waals surface area contributed by atoms with Crippen LogP contribution >= 0.6 is 0 Å². The van der Waals surface area contributed by atoms with Gasteiger partial charge >= 0.3 is 5.97 Å². The SMILES string of the molecule is C1COCO1.CCCOC(C)=O. The van der Waals surface area contributed by atoms with Crippen molar-refractivity contribution < 1.29 is 19.0 Å². The molecule has 0 aromatic carbocycles. The molecule has 4 nitrogen and oxygen atoms in total. The van der Waals surface area contributed by atoms with Gasteiger partial charge in [0.05, 0.1) is 19.8 Å². The van der Waals surface area contributed by atoms with Crippen LogP contribution < -0.4 is 0 Å². The Labute approximate surface area is 72.8 Å². The monoisotopic (exact) mass is 176 g/mol. The summed E-state index contributed by atoms with van der Waals surface area (Å²) in [7, 11) is 0. The van der Waals surface area contributed by atoms with Crippen LogP contribution in [0.2, 0.25) is 0 Å². The average molecular weight is 176 g/mol. The smallest absolute Gasteiger partial charge is 0.302 e. The zero-order valence-electron chi connectivity index (χ0n) is 7.67. The van der Waals surface area contributed by atoms with E-state index in [2.05, 4.69) is 4.74 Å². The maximum atomic E-state index is 9.98. The number of hydrogen-bond acceptors (Lipinski definition) is 4. The van der Waals surface area contributed by atoms with E-state index in [0.717, 1.165) is 19.6 Å². The molecule has 0 radical (unpaired) electrons. The molecule has 1 saturated heterocycles. The molecule has 0 aromatic rings. The Morgan fingerprint density at radius 3 is 2.17 bits per heavy atom. The van der Waals surface area contributed by atoms with Gasteiger partial charge in [-0.05, 0) is 6.42 Å². The fraction of sp³-hybridized carbons (Fsp3) is 0.875. The lowest BCUT2D eigenvalue weighted by Gasteiger charge is -1.93. The zero-order chi connectivity index (χ0) is 9.23. The van der Waals surface area contributed by atoms with Crippen LogP contribution in [-0.4, -0.2) is 32.6 Å². The van der Waals surface area contributed by atoms with Crippen LogP contribution in [0, 0.1) is 0 Å². The van der Waals surface area contributed by atoms with Crippen molar-refractivity contribution >= 4 is 5.97 Å². The van der Waals surface area contributed by atoms with Crippen LogP contribution in [0.1, 0.15) is 20.3 Å². The van der Waals surface area contributed by atoms with Crippen LogP contribution in [0.3, 0.4) is 0 Å². The summed E-state index contributed by atoms with van der Waals surface area (Å²) in [5.74, 6) is -0.193. The van der Waals surface area contributed by atoms with Gasteiger partial charge in [-0.25, -0.2) is 0 Å². The third kappa shape index (κ3) is 9.39. The normalized spacial score (nSPS) is 14.8. The van der Waals surface area contributed by atoms with Crippen molar-refractivity contribution in [2.45, 2.75) is 20.3 Å². The summed E-state index contributed by atoms with van der Waals surface area (Å²) in [6.45, 7) is 5.98. The number of ether oxygens (including phenoxy) is 3. The second kappa shape index (κ2) is 8.49. The summed E-state index contributed by atoms with van der Waals surface area (Å²) in [6, 6.07) is 0. The molecule has 4 heteroatoms. The van der Waals surface area contributed by atoms with Crippen LogP contribution in [0.25, 0.3) is 0 Å². The minimum absolute atomic E-state index is 0.193. The van der Waals surface area contributed by atoms with Gasteiger partial charge in [0.1, 0.15) is 6.79 Å². The van der Waals surface area contributed by atoms with Gasteiger partial charge in [0, 0.05) is 6.92 Å². The number of carbonyl (C=O) groups excluding carboxylic acids is 1. The van der Waals surface area contributed by atoms with E-state index in [1.54, 1.807) is 0 Å². The van der Waals surface area contributed by atoms with Crippen molar-refractivity contribution in [2.75, 3.05) is 26.6 Å². The van der Waals surface area contributed by atoms with Crippen molar-refractivity contribution in [1.29, 1.82) is 0 Å². The van der Waals surface area contributed by atoms with Gasteiger partial charge in [0.15, 0.2) is 0 Å². The highest BCUT2D eigenvalue weighted by atomic mass is 16.7. The van der Waals surface area contributed by atoms with Gasteiger partial charge in [0.2, 0.25) is 0 Å². The Morgan fingerprint density at radius 1 is 1.42 bits per heavy atom. The van der Waals surface area contributed by atoms with E-state index < -0.39 is 0 Å². The van der Waals surface area contributed by atoms with E-state index in [-0.39, 0.29) is 5.97 Å².